The third-order valence-corrected chi connectivity index (χ3v) is 3.36. The molecule has 1 unspecified atom stereocenters. The highest BCUT2D eigenvalue weighted by Gasteiger charge is 2.17. The fraction of sp³-hybridized carbons (Fsp3) is 0.357. The number of hydrogen-bond donors (Lipinski definition) is 1. The van der Waals surface area contributed by atoms with Gasteiger partial charge in [-0.05, 0) is 31.2 Å². The van der Waals surface area contributed by atoms with Crippen LogP contribution in [0.4, 0.5) is 0 Å². The van der Waals surface area contributed by atoms with Gasteiger partial charge in [0.15, 0.2) is 0 Å². The molecule has 0 aliphatic rings. The second kappa shape index (κ2) is 5.63. The first-order valence-electron chi connectivity index (χ1n) is 6.19. The number of ether oxygens (including phenoxy) is 1. The van der Waals surface area contributed by atoms with Crippen molar-refractivity contribution in [2.75, 3.05) is 6.61 Å². The van der Waals surface area contributed by atoms with E-state index in [0.29, 0.717) is 18.1 Å². The van der Waals surface area contributed by atoms with Gasteiger partial charge in [0, 0.05) is 35.1 Å². The van der Waals surface area contributed by atoms with Crippen LogP contribution in [0.1, 0.15) is 12.6 Å². The average molecular weight is 281 g/mol. The van der Waals surface area contributed by atoms with Crippen molar-refractivity contribution in [2.24, 2.45) is 12.8 Å². The SMILES string of the molecule is CCOC(=O)C(N)Cc1cc2cc(Cl)ccc2n1C. The first kappa shape index (κ1) is 13.9. The molecule has 0 bridgehead atoms. The number of aryl methyl sites for hydroxylation is 1. The number of nitrogens with zero attached hydrogens (tertiary/aromatic N) is 1. The zero-order valence-corrected chi connectivity index (χ0v) is 11.8. The van der Waals surface area contributed by atoms with Gasteiger partial charge in [-0.3, -0.25) is 4.79 Å². The predicted molar refractivity (Wildman–Crippen MR) is 76.2 cm³/mol. The summed E-state index contributed by atoms with van der Waals surface area (Å²) in [6.07, 6.45) is 0.446. The van der Waals surface area contributed by atoms with Gasteiger partial charge in [-0.2, -0.15) is 0 Å². The molecular formula is C14H17ClN2O2. The van der Waals surface area contributed by atoms with E-state index in [2.05, 4.69) is 0 Å². The van der Waals surface area contributed by atoms with Crippen LogP contribution in [0.25, 0.3) is 10.9 Å². The minimum atomic E-state index is -0.640. The molecule has 1 aromatic heterocycles. The smallest absolute Gasteiger partial charge is 0.323 e. The Morgan fingerprint density at radius 1 is 1.47 bits per heavy atom. The number of carbonyl (C=O) groups is 1. The molecule has 1 atom stereocenters. The van der Waals surface area contributed by atoms with E-state index in [1.807, 2.05) is 35.9 Å². The van der Waals surface area contributed by atoms with E-state index in [0.717, 1.165) is 16.6 Å². The summed E-state index contributed by atoms with van der Waals surface area (Å²) in [7, 11) is 1.95. The molecule has 2 N–H and O–H groups in total. The lowest BCUT2D eigenvalue weighted by Gasteiger charge is -2.11. The van der Waals surface area contributed by atoms with E-state index in [1.54, 1.807) is 6.92 Å². The molecule has 19 heavy (non-hydrogen) atoms. The average Bonchev–Trinajstić information content (AvgIpc) is 2.66. The van der Waals surface area contributed by atoms with E-state index < -0.39 is 6.04 Å². The molecule has 0 aliphatic heterocycles. The van der Waals surface area contributed by atoms with Crippen LogP contribution in [0, 0.1) is 0 Å². The van der Waals surface area contributed by atoms with Crippen molar-refractivity contribution in [3.63, 3.8) is 0 Å². The normalized spacial score (nSPS) is 12.6. The summed E-state index contributed by atoms with van der Waals surface area (Å²) in [5, 5.41) is 1.74. The summed E-state index contributed by atoms with van der Waals surface area (Å²) < 4.78 is 6.93. The lowest BCUT2D eigenvalue weighted by molar-refractivity contribution is -0.144. The third kappa shape index (κ3) is 2.91. The summed E-state index contributed by atoms with van der Waals surface area (Å²) in [5.41, 5.74) is 7.89. The van der Waals surface area contributed by atoms with Crippen molar-refractivity contribution >= 4 is 28.5 Å². The first-order chi connectivity index (χ1) is 9.02. The van der Waals surface area contributed by atoms with Gasteiger partial charge in [-0.1, -0.05) is 11.6 Å². The molecule has 0 amide bonds. The first-order valence-corrected chi connectivity index (χ1v) is 6.56. The molecule has 0 saturated carbocycles. The second-order valence-electron chi connectivity index (χ2n) is 4.46. The van der Waals surface area contributed by atoms with Gasteiger partial charge < -0.3 is 15.0 Å². The number of rotatable bonds is 4. The van der Waals surface area contributed by atoms with Crippen molar-refractivity contribution in [1.29, 1.82) is 0 Å². The maximum absolute atomic E-state index is 11.6. The Bertz CT molecular complexity index is 607. The van der Waals surface area contributed by atoms with Gasteiger partial charge in [0.2, 0.25) is 0 Å². The quantitative estimate of drug-likeness (QED) is 0.874. The Morgan fingerprint density at radius 3 is 2.89 bits per heavy atom. The number of halogens is 1. The fourth-order valence-corrected chi connectivity index (χ4v) is 2.31. The number of esters is 1. The number of nitrogens with two attached hydrogens (primary N) is 1. The summed E-state index contributed by atoms with van der Waals surface area (Å²) in [5.74, 6) is -0.370. The lowest BCUT2D eigenvalue weighted by atomic mass is 10.1. The molecule has 0 aliphatic carbocycles. The van der Waals surface area contributed by atoms with Gasteiger partial charge in [-0.25, -0.2) is 0 Å². The van der Waals surface area contributed by atoms with Crippen molar-refractivity contribution in [1.82, 2.24) is 4.57 Å². The number of benzene rings is 1. The summed E-state index contributed by atoms with van der Waals surface area (Å²) in [6.45, 7) is 2.11. The Kier molecular flexibility index (Phi) is 4.12. The Balaban J connectivity index is 2.26. The molecule has 2 rings (SSSR count). The van der Waals surface area contributed by atoms with E-state index in [1.165, 1.54) is 0 Å². The summed E-state index contributed by atoms with van der Waals surface area (Å²) in [6, 6.07) is 7.06. The number of aromatic nitrogens is 1. The number of carbonyl (C=O) groups excluding carboxylic acids is 1. The van der Waals surface area contributed by atoms with Gasteiger partial charge in [0.25, 0.3) is 0 Å². The third-order valence-electron chi connectivity index (χ3n) is 3.12. The lowest BCUT2D eigenvalue weighted by Crippen LogP contribution is -2.34. The van der Waals surface area contributed by atoms with E-state index in [4.69, 9.17) is 22.1 Å². The van der Waals surface area contributed by atoms with Crippen LogP contribution in [-0.4, -0.2) is 23.2 Å². The predicted octanol–water partition coefficient (Wildman–Crippen LogP) is 2.26. The molecule has 2 aromatic rings. The number of fused-ring (bicyclic) bond motifs is 1. The van der Waals surface area contributed by atoms with Crippen molar-refractivity contribution in [3.8, 4) is 0 Å². The molecule has 0 saturated heterocycles. The van der Waals surface area contributed by atoms with Gasteiger partial charge in [-0.15, -0.1) is 0 Å². The van der Waals surface area contributed by atoms with E-state index >= 15 is 0 Å². The highest BCUT2D eigenvalue weighted by atomic mass is 35.5. The van der Waals surface area contributed by atoms with E-state index in [9.17, 15) is 4.79 Å². The Morgan fingerprint density at radius 2 is 2.21 bits per heavy atom. The second-order valence-corrected chi connectivity index (χ2v) is 4.90. The summed E-state index contributed by atoms with van der Waals surface area (Å²) in [4.78, 5) is 11.6. The molecule has 0 fully saturated rings. The minimum Gasteiger partial charge on any atom is -0.465 e. The van der Waals surface area contributed by atoms with Crippen LogP contribution in [0.5, 0.6) is 0 Å². The van der Waals surface area contributed by atoms with Crippen molar-refractivity contribution in [3.05, 3.63) is 35.0 Å². The maximum atomic E-state index is 11.6. The summed E-state index contributed by atoms with van der Waals surface area (Å²) >= 11 is 5.97. The molecule has 0 radical (unpaired) electrons. The van der Waals surface area contributed by atoms with Crippen LogP contribution in [-0.2, 0) is 23.0 Å². The standard InChI is InChI=1S/C14H17ClN2O2/c1-3-19-14(18)12(16)8-11-7-9-6-10(15)4-5-13(9)17(11)2/h4-7,12H,3,8,16H2,1-2H3. The zero-order valence-electron chi connectivity index (χ0n) is 11.0. The molecule has 5 heteroatoms. The Labute approximate surface area is 117 Å². The van der Waals surface area contributed by atoms with Gasteiger partial charge in [0.1, 0.15) is 6.04 Å². The van der Waals surface area contributed by atoms with Crippen LogP contribution in [0.3, 0.4) is 0 Å². The van der Waals surface area contributed by atoms with Gasteiger partial charge >= 0.3 is 5.97 Å². The van der Waals surface area contributed by atoms with Crippen LogP contribution < -0.4 is 5.73 Å². The zero-order chi connectivity index (χ0) is 14.0. The minimum absolute atomic E-state index is 0.344. The molecule has 1 aromatic carbocycles. The fourth-order valence-electron chi connectivity index (χ4n) is 2.13. The number of hydrogen-bond acceptors (Lipinski definition) is 3. The van der Waals surface area contributed by atoms with Crippen LogP contribution in [0.2, 0.25) is 5.02 Å². The molecule has 4 nitrogen and oxygen atoms in total. The molecule has 1 heterocycles. The topological polar surface area (TPSA) is 57.2 Å². The Hall–Kier alpha value is -1.52. The van der Waals surface area contributed by atoms with Crippen LogP contribution >= 0.6 is 11.6 Å². The van der Waals surface area contributed by atoms with Crippen molar-refractivity contribution in [2.45, 2.75) is 19.4 Å². The molecule has 0 spiro atoms. The molecular weight excluding hydrogens is 264 g/mol. The molecule has 102 valence electrons. The van der Waals surface area contributed by atoms with Crippen LogP contribution in [0.15, 0.2) is 24.3 Å². The van der Waals surface area contributed by atoms with E-state index in [-0.39, 0.29) is 5.97 Å². The monoisotopic (exact) mass is 280 g/mol. The van der Waals surface area contributed by atoms with Crippen molar-refractivity contribution < 1.29 is 9.53 Å². The highest BCUT2D eigenvalue weighted by molar-refractivity contribution is 6.31. The van der Waals surface area contributed by atoms with Gasteiger partial charge in [0.05, 0.1) is 6.61 Å². The largest absolute Gasteiger partial charge is 0.465 e. The highest BCUT2D eigenvalue weighted by Crippen LogP contribution is 2.23. The maximum Gasteiger partial charge on any atom is 0.323 e.